The summed E-state index contributed by atoms with van der Waals surface area (Å²) in [5.74, 6) is -1.86. The molecule has 0 saturated carbocycles. The molecule has 35 heavy (non-hydrogen) atoms. The lowest BCUT2D eigenvalue weighted by Crippen LogP contribution is -2.44. The van der Waals surface area contributed by atoms with Crippen LogP contribution in [0.15, 0.2) is 28.3 Å². The normalized spacial score (nSPS) is 14.8. The van der Waals surface area contributed by atoms with Crippen molar-refractivity contribution < 1.29 is 38.1 Å². The first-order chi connectivity index (χ1) is 16.5. The second kappa shape index (κ2) is 17.5. The fourth-order valence-electron chi connectivity index (χ4n) is 3.07. The summed E-state index contributed by atoms with van der Waals surface area (Å²) in [4.78, 5) is 40.5. The van der Waals surface area contributed by atoms with E-state index < -0.39 is 36.8 Å². The largest absolute Gasteiger partial charge is 0.493 e. The summed E-state index contributed by atoms with van der Waals surface area (Å²) in [5.41, 5.74) is -0.250. The average Bonchev–Trinajstić information content (AvgIpc) is 2.80. The van der Waals surface area contributed by atoms with Crippen molar-refractivity contribution in [3.63, 3.8) is 0 Å². The molecule has 0 radical (unpaired) electrons. The zero-order chi connectivity index (χ0) is 27.0. The van der Waals surface area contributed by atoms with E-state index in [4.69, 9.17) is 23.7 Å². The van der Waals surface area contributed by atoms with Crippen molar-refractivity contribution in [1.82, 2.24) is 5.32 Å². The molecule has 0 heterocycles. The molecule has 3 atom stereocenters. The van der Waals surface area contributed by atoms with Crippen molar-refractivity contribution in [2.75, 3.05) is 20.5 Å². The molecular formula is C25H42N2O8. The molecule has 0 spiro atoms. The first-order valence-electron chi connectivity index (χ1n) is 11.8. The van der Waals surface area contributed by atoms with Gasteiger partial charge < -0.3 is 29.0 Å². The Morgan fingerprint density at radius 1 is 1.09 bits per heavy atom. The minimum absolute atomic E-state index is 0.00792. The molecule has 0 aromatic heterocycles. The summed E-state index contributed by atoms with van der Waals surface area (Å²) < 4.78 is 26.9. The van der Waals surface area contributed by atoms with Gasteiger partial charge in [0.05, 0.1) is 13.2 Å². The zero-order valence-corrected chi connectivity index (χ0v) is 22.3. The van der Waals surface area contributed by atoms with E-state index >= 15 is 0 Å². The predicted octanol–water partition coefficient (Wildman–Crippen LogP) is 3.65. The number of ether oxygens (including phenoxy) is 5. The number of carbonyl (C=O) groups is 3. The van der Waals surface area contributed by atoms with Crippen LogP contribution in [0.4, 0.5) is 0 Å². The van der Waals surface area contributed by atoms with Crippen LogP contribution in [0.5, 0.6) is 0 Å². The molecule has 1 N–H and O–H groups in total. The van der Waals surface area contributed by atoms with Gasteiger partial charge in [0.25, 0.3) is 5.91 Å². The number of unbranched alkanes of at least 4 members (excludes halogenated alkanes) is 2. The molecule has 0 rings (SSSR count). The summed E-state index contributed by atoms with van der Waals surface area (Å²) in [7, 11) is 1.38. The van der Waals surface area contributed by atoms with Crippen LogP contribution in [-0.2, 0) is 38.1 Å². The van der Waals surface area contributed by atoms with E-state index in [1.165, 1.54) is 27.0 Å². The van der Waals surface area contributed by atoms with Gasteiger partial charge in [-0.25, -0.2) is 4.79 Å². The van der Waals surface area contributed by atoms with Crippen molar-refractivity contribution in [1.29, 1.82) is 0 Å². The number of nitrogens with zero attached hydrogens (tertiary/aromatic N) is 1. The number of amides is 1. The Hall–Kier alpha value is -2.88. The van der Waals surface area contributed by atoms with Gasteiger partial charge >= 0.3 is 11.9 Å². The molecule has 0 aromatic rings. The molecule has 0 aliphatic carbocycles. The highest BCUT2D eigenvalue weighted by atomic mass is 16.7. The highest BCUT2D eigenvalue weighted by Crippen LogP contribution is 2.20. The molecular weight excluding hydrogens is 456 g/mol. The van der Waals surface area contributed by atoms with Crippen molar-refractivity contribution in [3.05, 3.63) is 23.3 Å². The summed E-state index contributed by atoms with van der Waals surface area (Å²) in [5, 5.41) is 2.54. The van der Waals surface area contributed by atoms with Gasteiger partial charge in [-0.2, -0.15) is 0 Å². The second-order valence-electron chi connectivity index (χ2n) is 8.21. The second-order valence-corrected chi connectivity index (χ2v) is 8.21. The topological polar surface area (TPSA) is 122 Å². The Morgan fingerprint density at radius 2 is 1.74 bits per heavy atom. The van der Waals surface area contributed by atoms with Gasteiger partial charge in [-0.1, -0.05) is 33.6 Å². The van der Waals surface area contributed by atoms with Crippen LogP contribution in [0.1, 0.15) is 67.7 Å². The Kier molecular flexibility index (Phi) is 16.1. The zero-order valence-electron chi connectivity index (χ0n) is 22.3. The van der Waals surface area contributed by atoms with Crippen LogP contribution in [0, 0.1) is 5.92 Å². The molecule has 10 heteroatoms. The smallest absolute Gasteiger partial charge is 0.328 e. The van der Waals surface area contributed by atoms with E-state index in [1.54, 1.807) is 6.92 Å². The monoisotopic (exact) mass is 498 g/mol. The molecule has 0 bridgehead atoms. The number of aliphatic imine (C=N–C) groups is 1. The van der Waals surface area contributed by atoms with E-state index in [0.29, 0.717) is 6.61 Å². The highest BCUT2D eigenvalue weighted by Gasteiger charge is 2.30. The third-order valence-electron chi connectivity index (χ3n) is 4.96. The van der Waals surface area contributed by atoms with Crippen molar-refractivity contribution in [2.45, 2.75) is 86.0 Å². The van der Waals surface area contributed by atoms with Crippen LogP contribution >= 0.6 is 0 Å². The van der Waals surface area contributed by atoms with Gasteiger partial charge in [-0.15, -0.1) is 0 Å². The Morgan fingerprint density at radius 3 is 2.23 bits per heavy atom. The summed E-state index contributed by atoms with van der Waals surface area (Å²) >= 11 is 0. The fraction of sp³-hybridized carbons (Fsp3) is 0.680. The number of rotatable bonds is 17. The number of methoxy groups -OCH3 is 1. The predicted molar refractivity (Wildman–Crippen MR) is 132 cm³/mol. The summed E-state index contributed by atoms with van der Waals surface area (Å²) in [6, 6.07) is -1.00. The average molecular weight is 499 g/mol. The van der Waals surface area contributed by atoms with Gasteiger partial charge in [0.1, 0.15) is 12.1 Å². The number of nitrogens with one attached hydrogen (secondary N) is 1. The van der Waals surface area contributed by atoms with Crippen LogP contribution in [0.3, 0.4) is 0 Å². The minimum atomic E-state index is -1.00. The fourth-order valence-corrected chi connectivity index (χ4v) is 3.07. The first-order valence-corrected chi connectivity index (χ1v) is 11.8. The quantitative estimate of drug-likeness (QED) is 0.0613. The van der Waals surface area contributed by atoms with E-state index in [2.05, 4.69) is 24.0 Å². The molecule has 10 nitrogen and oxygen atoms in total. The minimum Gasteiger partial charge on any atom is -0.493 e. The number of hydrogen-bond donors (Lipinski definition) is 1. The van der Waals surface area contributed by atoms with Crippen LogP contribution in [-0.4, -0.2) is 63.3 Å². The first kappa shape index (κ1) is 32.1. The Bertz CT molecular complexity index is 761. The van der Waals surface area contributed by atoms with Gasteiger partial charge in [-0.05, 0) is 45.9 Å². The standard InChI is InChI=1S/C25H42N2O8/c1-10-12-13-14-32-18(6)22(16(3)4)35-25(30)17(5)27-24(29)21(26-8)23(20(11-2)31-9)34-15-33-19(7)28/h11,16-18,22H,8,10,12-15H2,1-7,9H3,(H,27,29)/b20-11+,23-21+/t17-,18-,22+/m0/s1. The van der Waals surface area contributed by atoms with Crippen LogP contribution in [0.2, 0.25) is 0 Å². The van der Waals surface area contributed by atoms with E-state index in [9.17, 15) is 14.4 Å². The van der Waals surface area contributed by atoms with Gasteiger partial charge in [-0.3, -0.25) is 14.6 Å². The summed E-state index contributed by atoms with van der Waals surface area (Å²) in [6.45, 7) is 15.8. The molecule has 0 saturated heterocycles. The van der Waals surface area contributed by atoms with Crippen molar-refractivity contribution >= 4 is 24.6 Å². The lowest BCUT2D eigenvalue weighted by atomic mass is 10.0. The molecule has 0 fully saturated rings. The number of allylic oxidation sites excluding steroid dienone is 1. The van der Waals surface area contributed by atoms with Crippen molar-refractivity contribution in [2.24, 2.45) is 10.9 Å². The third-order valence-corrected chi connectivity index (χ3v) is 4.96. The lowest BCUT2D eigenvalue weighted by Gasteiger charge is -2.28. The molecule has 0 unspecified atom stereocenters. The summed E-state index contributed by atoms with van der Waals surface area (Å²) in [6.07, 6.45) is 3.84. The van der Waals surface area contributed by atoms with E-state index in [0.717, 1.165) is 19.3 Å². The molecule has 0 aromatic carbocycles. The van der Waals surface area contributed by atoms with Gasteiger partial charge in [0, 0.05) is 13.5 Å². The molecule has 0 aliphatic rings. The van der Waals surface area contributed by atoms with E-state index in [1.807, 2.05) is 20.8 Å². The van der Waals surface area contributed by atoms with Gasteiger partial charge in [0.15, 0.2) is 17.2 Å². The van der Waals surface area contributed by atoms with Crippen LogP contribution in [0.25, 0.3) is 0 Å². The SMILES string of the molecule is C=N/C(C(=O)N[C@@H](C)C(=O)O[C@H](C(C)C)[C@H](C)OCCCCC)=C(OCOC(C)=O)\C(=C/C)OC. The maximum absolute atomic E-state index is 12.9. The maximum Gasteiger partial charge on any atom is 0.328 e. The molecule has 0 aliphatic heterocycles. The third kappa shape index (κ3) is 11.9. The van der Waals surface area contributed by atoms with Crippen LogP contribution < -0.4 is 5.32 Å². The van der Waals surface area contributed by atoms with Crippen molar-refractivity contribution in [3.8, 4) is 0 Å². The highest BCUT2D eigenvalue weighted by molar-refractivity contribution is 5.97. The number of hydrogen-bond acceptors (Lipinski definition) is 9. The van der Waals surface area contributed by atoms with E-state index in [-0.39, 0.29) is 29.2 Å². The Balaban J connectivity index is 5.46. The maximum atomic E-state index is 12.9. The number of esters is 2. The van der Waals surface area contributed by atoms with Gasteiger partial charge in [0.2, 0.25) is 6.79 Å². The Labute approximate surface area is 209 Å². The number of carbonyl (C=O) groups excluding carboxylic acids is 3. The molecule has 1 amide bonds. The molecule has 200 valence electrons. The lowest BCUT2D eigenvalue weighted by molar-refractivity contribution is -0.163.